The molecule has 16 heavy (non-hydrogen) atoms. The zero-order chi connectivity index (χ0) is 11.5. The molecule has 10 heteroatoms. The van der Waals surface area contributed by atoms with Crippen LogP contribution < -0.4 is 5.73 Å². The second-order valence-corrected chi connectivity index (χ2v) is 5.23. The monoisotopic (exact) mass is 276 g/mol. The van der Waals surface area contributed by atoms with Gasteiger partial charge in [-0.1, -0.05) is 11.3 Å². The third kappa shape index (κ3) is 4.66. The number of thiazole rings is 1. The Morgan fingerprint density at radius 1 is 1.56 bits per heavy atom. The Kier molecular flexibility index (Phi) is 6.26. The summed E-state index contributed by atoms with van der Waals surface area (Å²) in [6.07, 6.45) is -0.0598. The molecule has 0 saturated carbocycles. The van der Waals surface area contributed by atoms with Gasteiger partial charge < -0.3 is 15.0 Å². The van der Waals surface area contributed by atoms with Gasteiger partial charge in [-0.25, -0.2) is 4.98 Å². The van der Waals surface area contributed by atoms with Crippen LogP contribution in [0.25, 0.3) is 0 Å². The van der Waals surface area contributed by atoms with Crippen LogP contribution in [0.4, 0.5) is 5.13 Å². The average molecular weight is 276 g/mol. The van der Waals surface area contributed by atoms with Gasteiger partial charge in [0.1, 0.15) is 0 Å². The van der Waals surface area contributed by atoms with Crippen LogP contribution in [0, 0.1) is 0 Å². The Morgan fingerprint density at radius 2 is 2.19 bits per heavy atom. The van der Waals surface area contributed by atoms with E-state index in [0.29, 0.717) is 0 Å². The molecule has 0 fully saturated rings. The number of hydrogen-bond donors (Lipinski definition) is 2. The van der Waals surface area contributed by atoms with Crippen LogP contribution in [0.3, 0.4) is 0 Å². The van der Waals surface area contributed by atoms with Crippen LogP contribution in [0.1, 0.15) is 5.69 Å². The van der Waals surface area contributed by atoms with Gasteiger partial charge in [0.05, 0.1) is 11.4 Å². The summed E-state index contributed by atoms with van der Waals surface area (Å²) in [5.41, 5.74) is 5.46. The van der Waals surface area contributed by atoms with E-state index in [-0.39, 0.29) is 58.3 Å². The standard InChI is InChI=1S/C6H8N2O5S2.Na.H/c7-6-8-4(5(10)14-6)1-2-15(11,12)13-3-9;;/h3,10H,1-2H2,(H2,7,8);;. The van der Waals surface area contributed by atoms with E-state index in [1.807, 2.05) is 0 Å². The molecule has 0 amide bonds. The average Bonchev–Trinajstić information content (AvgIpc) is 2.42. The Balaban J connectivity index is 0.00000225. The molecule has 0 aliphatic heterocycles. The summed E-state index contributed by atoms with van der Waals surface area (Å²) < 4.78 is 25.7. The van der Waals surface area contributed by atoms with Crippen LogP contribution >= 0.6 is 11.3 Å². The van der Waals surface area contributed by atoms with E-state index in [4.69, 9.17) is 5.73 Å². The van der Waals surface area contributed by atoms with Gasteiger partial charge in [0.25, 0.3) is 0 Å². The number of aryl methyl sites for hydroxylation is 1. The topological polar surface area (TPSA) is 120 Å². The summed E-state index contributed by atoms with van der Waals surface area (Å²) >= 11 is 0.850. The summed E-state index contributed by atoms with van der Waals surface area (Å²) in [5.74, 6) is -0.442. The van der Waals surface area contributed by atoms with E-state index in [9.17, 15) is 18.3 Å². The number of carbonyl (C=O) groups excluding carboxylic acids is 1. The first kappa shape index (κ1) is 15.7. The molecule has 0 spiro atoms. The molecular formula is C6H9N2NaO5S2. The number of rotatable bonds is 5. The number of hydrogen-bond acceptors (Lipinski definition) is 8. The number of anilines is 1. The van der Waals surface area contributed by atoms with Gasteiger partial charge in [0.15, 0.2) is 10.2 Å². The number of carbonyl (C=O) groups is 1. The van der Waals surface area contributed by atoms with E-state index >= 15 is 0 Å². The van der Waals surface area contributed by atoms with Crippen molar-refractivity contribution < 1.29 is 22.5 Å². The van der Waals surface area contributed by atoms with Crippen molar-refractivity contribution in [3.63, 3.8) is 0 Å². The molecule has 0 atom stereocenters. The minimum absolute atomic E-state index is 0. The fourth-order valence-corrected chi connectivity index (χ4v) is 2.13. The zero-order valence-corrected chi connectivity index (χ0v) is 9.05. The van der Waals surface area contributed by atoms with Crippen LogP contribution in [0.5, 0.6) is 5.06 Å². The molecule has 0 saturated heterocycles. The predicted octanol–water partition coefficient (Wildman–Crippen LogP) is -1.17. The summed E-state index contributed by atoms with van der Waals surface area (Å²) in [4.78, 5) is 13.5. The molecule has 0 radical (unpaired) electrons. The molecule has 0 aliphatic carbocycles. The molecule has 0 aromatic carbocycles. The van der Waals surface area contributed by atoms with Gasteiger partial charge in [0.2, 0.25) is 0 Å². The second kappa shape index (κ2) is 6.40. The Bertz CT molecular complexity index is 457. The Morgan fingerprint density at radius 3 is 2.62 bits per heavy atom. The molecule has 0 aliphatic rings. The van der Waals surface area contributed by atoms with Crippen LogP contribution in [0.15, 0.2) is 0 Å². The number of nitrogens with two attached hydrogens (primary N) is 1. The predicted molar refractivity (Wildman–Crippen MR) is 60.0 cm³/mol. The van der Waals surface area contributed by atoms with Gasteiger partial charge in [-0.2, -0.15) is 8.42 Å². The molecule has 1 heterocycles. The third-order valence-corrected chi connectivity index (χ3v) is 3.27. The van der Waals surface area contributed by atoms with Gasteiger partial charge in [-0.05, 0) is 0 Å². The van der Waals surface area contributed by atoms with Gasteiger partial charge in [0, 0.05) is 6.42 Å². The summed E-state index contributed by atoms with van der Waals surface area (Å²) in [6, 6.07) is 0. The fraction of sp³-hybridized carbons (Fsp3) is 0.333. The van der Waals surface area contributed by atoms with E-state index in [1.54, 1.807) is 0 Å². The molecular weight excluding hydrogens is 267 g/mol. The molecule has 0 unspecified atom stereocenters. The van der Waals surface area contributed by atoms with E-state index in [0.717, 1.165) is 11.3 Å². The minimum atomic E-state index is -3.89. The molecule has 1 rings (SSSR count). The SMILES string of the molecule is Nc1nc(CCS(=O)(=O)OC=O)c(O)s1.[NaH]. The first-order chi connectivity index (χ1) is 6.94. The molecule has 1 aromatic heterocycles. The van der Waals surface area contributed by atoms with E-state index in [1.165, 1.54) is 0 Å². The van der Waals surface area contributed by atoms with E-state index in [2.05, 4.69) is 9.17 Å². The molecule has 1 aromatic rings. The van der Waals surface area contributed by atoms with Crippen LogP contribution in [-0.2, 0) is 25.5 Å². The molecule has 3 N–H and O–H groups in total. The maximum atomic E-state index is 10.9. The first-order valence-corrected chi connectivity index (χ1v) is 6.13. The van der Waals surface area contributed by atoms with Crippen molar-refractivity contribution in [2.24, 2.45) is 0 Å². The van der Waals surface area contributed by atoms with Crippen LogP contribution in [0.2, 0.25) is 0 Å². The van der Waals surface area contributed by atoms with E-state index < -0.39 is 15.9 Å². The Hall–Kier alpha value is -0.350. The number of aromatic nitrogens is 1. The van der Waals surface area contributed by atoms with Crippen molar-refractivity contribution in [2.75, 3.05) is 11.5 Å². The second-order valence-electron chi connectivity index (χ2n) is 2.51. The van der Waals surface area contributed by atoms with Crippen molar-refractivity contribution in [3.05, 3.63) is 5.69 Å². The molecule has 0 bridgehead atoms. The van der Waals surface area contributed by atoms with Crippen molar-refractivity contribution >= 4 is 62.6 Å². The summed E-state index contributed by atoms with van der Waals surface area (Å²) in [6.45, 7) is -0.162. The Labute approximate surface area is 118 Å². The number of aromatic hydroxyl groups is 1. The summed E-state index contributed by atoms with van der Waals surface area (Å²) in [5, 5.41) is 9.25. The zero-order valence-electron chi connectivity index (χ0n) is 7.41. The van der Waals surface area contributed by atoms with Crippen LogP contribution in [-0.4, -0.2) is 60.3 Å². The molecule has 7 nitrogen and oxygen atoms in total. The van der Waals surface area contributed by atoms with Crippen molar-refractivity contribution in [1.82, 2.24) is 4.98 Å². The number of nitrogen functional groups attached to an aromatic ring is 1. The first-order valence-electron chi connectivity index (χ1n) is 3.73. The normalized spacial score (nSPS) is 10.5. The van der Waals surface area contributed by atoms with Gasteiger partial charge in [-0.3, -0.25) is 4.79 Å². The van der Waals surface area contributed by atoms with Crippen molar-refractivity contribution in [1.29, 1.82) is 0 Å². The maximum absolute atomic E-state index is 10.9. The summed E-state index contributed by atoms with van der Waals surface area (Å²) in [7, 11) is -3.89. The van der Waals surface area contributed by atoms with Crippen molar-refractivity contribution in [2.45, 2.75) is 6.42 Å². The molecule has 86 valence electrons. The van der Waals surface area contributed by atoms with Gasteiger partial charge >= 0.3 is 46.1 Å². The fourth-order valence-electron chi connectivity index (χ4n) is 0.854. The third-order valence-electron chi connectivity index (χ3n) is 1.47. The van der Waals surface area contributed by atoms with Crippen molar-refractivity contribution in [3.8, 4) is 5.06 Å². The van der Waals surface area contributed by atoms with Gasteiger partial charge in [-0.15, -0.1) is 0 Å². The number of nitrogens with zero attached hydrogens (tertiary/aromatic N) is 1. The quantitative estimate of drug-likeness (QED) is 0.395.